The smallest absolute Gasteiger partial charge is 0.0474 e. The lowest BCUT2D eigenvalue weighted by atomic mass is 10.00. The van der Waals surface area contributed by atoms with Gasteiger partial charge < -0.3 is 10.0 Å². The fraction of sp³-hybridized carbons (Fsp3) is 1.00. The van der Waals surface area contributed by atoms with Crippen LogP contribution in [0.3, 0.4) is 0 Å². The Labute approximate surface area is 69.2 Å². The summed E-state index contributed by atoms with van der Waals surface area (Å²) in [5.41, 5.74) is 0. The Morgan fingerprint density at radius 2 is 2.09 bits per heavy atom. The molecule has 0 unspecified atom stereocenters. The van der Waals surface area contributed by atoms with E-state index in [0.717, 1.165) is 13.1 Å². The van der Waals surface area contributed by atoms with Crippen LogP contribution in [0.1, 0.15) is 20.8 Å². The highest BCUT2D eigenvalue weighted by atomic mass is 16.3. The van der Waals surface area contributed by atoms with Crippen LogP contribution in [-0.2, 0) is 0 Å². The summed E-state index contributed by atoms with van der Waals surface area (Å²) in [6.07, 6.45) is 0. The highest BCUT2D eigenvalue weighted by Crippen LogP contribution is 2.23. The van der Waals surface area contributed by atoms with Crippen molar-refractivity contribution in [2.45, 2.75) is 26.8 Å². The fourth-order valence-electron chi connectivity index (χ4n) is 1.73. The van der Waals surface area contributed by atoms with Gasteiger partial charge in [0.2, 0.25) is 0 Å². The lowest BCUT2D eigenvalue weighted by Crippen LogP contribution is -2.28. The Hall–Kier alpha value is -0.0800. The monoisotopic (exact) mass is 157 g/mol. The molecular weight excluding hydrogens is 138 g/mol. The van der Waals surface area contributed by atoms with Crippen molar-refractivity contribution in [3.05, 3.63) is 0 Å². The second-order valence-electron chi connectivity index (χ2n) is 3.97. The zero-order valence-electron chi connectivity index (χ0n) is 7.75. The van der Waals surface area contributed by atoms with Crippen LogP contribution in [0.2, 0.25) is 0 Å². The molecule has 66 valence electrons. The first-order chi connectivity index (χ1) is 5.15. The van der Waals surface area contributed by atoms with E-state index in [1.807, 2.05) is 0 Å². The van der Waals surface area contributed by atoms with E-state index in [0.29, 0.717) is 24.5 Å². The van der Waals surface area contributed by atoms with Crippen LogP contribution in [0.15, 0.2) is 0 Å². The predicted octanol–water partition coefficient (Wildman–Crippen LogP) is 0.955. The van der Waals surface area contributed by atoms with Crippen LogP contribution in [0.4, 0.5) is 0 Å². The third-order valence-electron chi connectivity index (χ3n) is 2.76. The average molecular weight is 157 g/mol. The molecule has 0 amide bonds. The summed E-state index contributed by atoms with van der Waals surface area (Å²) in [4.78, 5) is 2.44. The van der Waals surface area contributed by atoms with Gasteiger partial charge in [0.15, 0.2) is 0 Å². The summed E-state index contributed by atoms with van der Waals surface area (Å²) in [6.45, 7) is 9.24. The van der Waals surface area contributed by atoms with Crippen LogP contribution in [0.5, 0.6) is 0 Å². The molecule has 0 radical (unpaired) electrons. The molecule has 1 aliphatic rings. The molecule has 0 aliphatic carbocycles. The summed E-state index contributed by atoms with van der Waals surface area (Å²) in [6, 6.07) is 0.633. The molecule has 0 spiro atoms. The minimum atomic E-state index is 0.352. The van der Waals surface area contributed by atoms with Crippen molar-refractivity contribution in [3.63, 3.8) is 0 Å². The summed E-state index contributed by atoms with van der Waals surface area (Å²) < 4.78 is 0. The Kier molecular flexibility index (Phi) is 2.90. The zero-order valence-corrected chi connectivity index (χ0v) is 7.75. The summed E-state index contributed by atoms with van der Waals surface area (Å²) >= 11 is 0. The molecule has 11 heavy (non-hydrogen) atoms. The molecule has 1 heterocycles. The molecule has 2 atom stereocenters. The zero-order chi connectivity index (χ0) is 8.43. The summed E-state index contributed by atoms with van der Waals surface area (Å²) in [7, 11) is 0. The molecule has 0 aromatic rings. The van der Waals surface area contributed by atoms with Gasteiger partial charge in [-0.2, -0.15) is 0 Å². The van der Waals surface area contributed by atoms with Crippen molar-refractivity contribution in [2.75, 3.05) is 19.7 Å². The number of likely N-dealkylation sites (tertiary alicyclic amines) is 1. The van der Waals surface area contributed by atoms with Crippen molar-refractivity contribution in [1.29, 1.82) is 0 Å². The Balaban J connectivity index is 2.43. The van der Waals surface area contributed by atoms with Gasteiger partial charge in [-0.3, -0.25) is 0 Å². The third kappa shape index (κ3) is 1.94. The first-order valence-corrected chi connectivity index (χ1v) is 4.50. The van der Waals surface area contributed by atoms with E-state index in [1.54, 1.807) is 0 Å². The molecule has 1 aliphatic heterocycles. The van der Waals surface area contributed by atoms with E-state index in [-0.39, 0.29) is 0 Å². The van der Waals surface area contributed by atoms with Gasteiger partial charge in [0.1, 0.15) is 0 Å². The minimum absolute atomic E-state index is 0.352. The molecule has 1 rings (SSSR count). The van der Waals surface area contributed by atoms with Gasteiger partial charge >= 0.3 is 0 Å². The second-order valence-corrected chi connectivity index (χ2v) is 3.97. The first-order valence-electron chi connectivity index (χ1n) is 4.50. The molecule has 0 bridgehead atoms. The SMILES string of the molecule is CC(C)N1C[C@@H](CO)[C@H](C)C1. The molecule has 0 aromatic heterocycles. The maximum Gasteiger partial charge on any atom is 0.0474 e. The lowest BCUT2D eigenvalue weighted by molar-refractivity contribution is 0.199. The number of aliphatic hydroxyl groups is 1. The van der Waals surface area contributed by atoms with Gasteiger partial charge in [0.05, 0.1) is 0 Å². The first kappa shape index (κ1) is 9.01. The van der Waals surface area contributed by atoms with Gasteiger partial charge in [0.25, 0.3) is 0 Å². The maximum absolute atomic E-state index is 9.01. The molecule has 2 nitrogen and oxygen atoms in total. The van der Waals surface area contributed by atoms with Crippen molar-refractivity contribution in [1.82, 2.24) is 4.90 Å². The Bertz CT molecular complexity index is 125. The Morgan fingerprint density at radius 3 is 2.36 bits per heavy atom. The molecular formula is C9H19NO. The number of hydrogen-bond acceptors (Lipinski definition) is 2. The maximum atomic E-state index is 9.01. The molecule has 0 aromatic carbocycles. The second kappa shape index (κ2) is 3.55. The van der Waals surface area contributed by atoms with Crippen LogP contribution in [0, 0.1) is 11.8 Å². The van der Waals surface area contributed by atoms with E-state index in [1.165, 1.54) is 0 Å². The van der Waals surface area contributed by atoms with E-state index >= 15 is 0 Å². The van der Waals surface area contributed by atoms with E-state index in [2.05, 4.69) is 25.7 Å². The summed E-state index contributed by atoms with van der Waals surface area (Å²) in [5.74, 6) is 1.18. The van der Waals surface area contributed by atoms with Crippen LogP contribution >= 0.6 is 0 Å². The van der Waals surface area contributed by atoms with Gasteiger partial charge in [-0.1, -0.05) is 6.92 Å². The number of rotatable bonds is 2. The molecule has 2 heteroatoms. The van der Waals surface area contributed by atoms with Crippen molar-refractivity contribution >= 4 is 0 Å². The van der Waals surface area contributed by atoms with Gasteiger partial charge in [-0.15, -0.1) is 0 Å². The average Bonchev–Trinajstić information content (AvgIpc) is 2.31. The van der Waals surface area contributed by atoms with E-state index in [4.69, 9.17) is 5.11 Å². The lowest BCUT2D eigenvalue weighted by Gasteiger charge is -2.19. The highest BCUT2D eigenvalue weighted by Gasteiger charge is 2.29. The van der Waals surface area contributed by atoms with E-state index < -0.39 is 0 Å². The van der Waals surface area contributed by atoms with Crippen molar-refractivity contribution in [2.24, 2.45) is 11.8 Å². The molecule has 1 saturated heterocycles. The van der Waals surface area contributed by atoms with Gasteiger partial charge in [-0.25, -0.2) is 0 Å². The van der Waals surface area contributed by atoms with Gasteiger partial charge in [0, 0.05) is 25.7 Å². The predicted molar refractivity (Wildman–Crippen MR) is 46.4 cm³/mol. The number of nitrogens with zero attached hydrogens (tertiary/aromatic N) is 1. The van der Waals surface area contributed by atoms with Gasteiger partial charge in [-0.05, 0) is 25.7 Å². The quantitative estimate of drug-likeness (QED) is 0.645. The normalized spacial score (nSPS) is 33.5. The molecule has 1 fully saturated rings. The van der Waals surface area contributed by atoms with Crippen LogP contribution in [0.25, 0.3) is 0 Å². The van der Waals surface area contributed by atoms with E-state index in [9.17, 15) is 0 Å². The minimum Gasteiger partial charge on any atom is -0.396 e. The highest BCUT2D eigenvalue weighted by molar-refractivity contribution is 4.82. The van der Waals surface area contributed by atoms with Crippen molar-refractivity contribution < 1.29 is 5.11 Å². The molecule has 0 saturated carbocycles. The summed E-state index contributed by atoms with van der Waals surface area (Å²) in [5, 5.41) is 9.01. The largest absolute Gasteiger partial charge is 0.396 e. The molecule has 1 N–H and O–H groups in total. The number of aliphatic hydroxyl groups excluding tert-OH is 1. The Morgan fingerprint density at radius 1 is 1.45 bits per heavy atom. The fourth-order valence-corrected chi connectivity index (χ4v) is 1.73. The van der Waals surface area contributed by atoms with Crippen LogP contribution in [-0.4, -0.2) is 35.7 Å². The van der Waals surface area contributed by atoms with Crippen LogP contribution < -0.4 is 0 Å². The van der Waals surface area contributed by atoms with Crippen molar-refractivity contribution in [3.8, 4) is 0 Å². The standard InChI is InChI=1S/C9H19NO/c1-7(2)10-4-8(3)9(5-10)6-11/h7-9,11H,4-6H2,1-3H3/t8-,9+/m1/s1. The third-order valence-corrected chi connectivity index (χ3v) is 2.76. The topological polar surface area (TPSA) is 23.5 Å². The number of hydrogen-bond donors (Lipinski definition) is 1.